The van der Waals surface area contributed by atoms with Crippen LogP contribution in [0.3, 0.4) is 0 Å². The number of rotatable bonds is 8. The van der Waals surface area contributed by atoms with Crippen LogP contribution in [0.5, 0.6) is 11.5 Å². The Morgan fingerprint density at radius 1 is 1.10 bits per heavy atom. The van der Waals surface area contributed by atoms with E-state index in [4.69, 9.17) is 32.7 Å². The molecule has 0 aliphatic carbocycles. The Balaban J connectivity index is 1.74. The van der Waals surface area contributed by atoms with Gasteiger partial charge in [-0.3, -0.25) is 0 Å². The number of hydrogen-bond donors (Lipinski definition) is 1. The van der Waals surface area contributed by atoms with E-state index >= 15 is 0 Å². The zero-order chi connectivity index (χ0) is 22.4. The molecular weight excluding hydrogens is 527 g/mol. The summed E-state index contributed by atoms with van der Waals surface area (Å²) in [4.78, 5) is 2.22. The quantitative estimate of drug-likeness (QED) is 0.294. The second-order valence-electron chi connectivity index (χ2n) is 6.22. The van der Waals surface area contributed by atoms with Crippen molar-refractivity contribution >= 4 is 55.4 Å². The van der Waals surface area contributed by atoms with E-state index in [0.717, 1.165) is 5.56 Å². The SMILES string of the molecule is COc1cc(/C=N\NS(=O)(=O)c2ccc(Cl)cc2)cc(Br)c1OCc1ccccc1Cl. The molecule has 0 aliphatic rings. The topological polar surface area (TPSA) is 77.0 Å². The summed E-state index contributed by atoms with van der Waals surface area (Å²) in [5, 5.41) is 4.88. The van der Waals surface area contributed by atoms with Gasteiger partial charge in [-0.15, -0.1) is 0 Å². The molecule has 31 heavy (non-hydrogen) atoms. The van der Waals surface area contributed by atoms with Crippen LogP contribution in [0.1, 0.15) is 11.1 Å². The van der Waals surface area contributed by atoms with Gasteiger partial charge in [0.05, 0.1) is 22.7 Å². The number of benzene rings is 3. The first-order valence-electron chi connectivity index (χ1n) is 8.84. The summed E-state index contributed by atoms with van der Waals surface area (Å²) in [6.45, 7) is 0.253. The van der Waals surface area contributed by atoms with Gasteiger partial charge in [-0.05, 0) is 64.0 Å². The second-order valence-corrected chi connectivity index (χ2v) is 9.58. The number of halogens is 3. The Labute approximate surface area is 199 Å². The van der Waals surface area contributed by atoms with Crippen LogP contribution in [-0.4, -0.2) is 21.7 Å². The highest BCUT2D eigenvalue weighted by molar-refractivity contribution is 9.10. The number of methoxy groups -OCH3 is 1. The maximum Gasteiger partial charge on any atom is 0.276 e. The van der Waals surface area contributed by atoms with Crippen LogP contribution in [-0.2, 0) is 16.6 Å². The molecule has 0 aromatic heterocycles. The zero-order valence-corrected chi connectivity index (χ0v) is 20.1. The van der Waals surface area contributed by atoms with Crippen molar-refractivity contribution in [2.24, 2.45) is 5.10 Å². The van der Waals surface area contributed by atoms with Crippen molar-refractivity contribution in [2.45, 2.75) is 11.5 Å². The van der Waals surface area contributed by atoms with Crippen molar-refractivity contribution in [1.82, 2.24) is 4.83 Å². The van der Waals surface area contributed by atoms with Crippen LogP contribution in [0.4, 0.5) is 0 Å². The molecule has 0 saturated heterocycles. The lowest BCUT2D eigenvalue weighted by Gasteiger charge is -2.14. The van der Waals surface area contributed by atoms with Gasteiger partial charge in [-0.25, -0.2) is 4.83 Å². The molecule has 0 radical (unpaired) electrons. The predicted octanol–water partition coefficient (Wildman–Crippen LogP) is 5.66. The summed E-state index contributed by atoms with van der Waals surface area (Å²) in [6, 6.07) is 16.5. The molecule has 0 atom stereocenters. The molecule has 0 amide bonds. The van der Waals surface area contributed by atoms with E-state index < -0.39 is 10.0 Å². The maximum atomic E-state index is 12.3. The third-order valence-electron chi connectivity index (χ3n) is 4.09. The average molecular weight is 544 g/mol. The molecule has 0 bridgehead atoms. The summed E-state index contributed by atoms with van der Waals surface area (Å²) >= 11 is 15.4. The molecule has 0 unspecified atom stereocenters. The van der Waals surface area contributed by atoms with E-state index in [2.05, 4.69) is 25.9 Å². The standard InChI is InChI=1S/C21H17BrCl2N2O4S/c1-29-20-11-14(12-25-26-31(27,28)17-8-6-16(23)7-9-17)10-18(22)21(20)30-13-15-4-2-3-5-19(15)24/h2-12,26H,13H2,1H3/b25-12-. The lowest BCUT2D eigenvalue weighted by molar-refractivity contribution is 0.282. The molecule has 3 rings (SSSR count). The smallest absolute Gasteiger partial charge is 0.276 e. The summed E-state index contributed by atoms with van der Waals surface area (Å²) in [6.07, 6.45) is 1.36. The van der Waals surface area contributed by atoms with Crippen molar-refractivity contribution in [1.29, 1.82) is 0 Å². The third-order valence-corrected chi connectivity index (χ3v) is 6.54. The van der Waals surface area contributed by atoms with E-state index in [1.807, 2.05) is 18.2 Å². The lowest BCUT2D eigenvalue weighted by atomic mass is 10.2. The third kappa shape index (κ3) is 6.13. The minimum Gasteiger partial charge on any atom is -0.493 e. The van der Waals surface area contributed by atoms with Crippen LogP contribution in [0, 0.1) is 0 Å². The zero-order valence-electron chi connectivity index (χ0n) is 16.2. The van der Waals surface area contributed by atoms with Crippen LogP contribution in [0.2, 0.25) is 10.0 Å². The van der Waals surface area contributed by atoms with Gasteiger partial charge in [0, 0.05) is 15.6 Å². The van der Waals surface area contributed by atoms with Crippen molar-refractivity contribution in [3.8, 4) is 11.5 Å². The van der Waals surface area contributed by atoms with Gasteiger partial charge >= 0.3 is 0 Å². The molecule has 3 aromatic rings. The van der Waals surface area contributed by atoms with E-state index in [1.54, 1.807) is 18.2 Å². The maximum absolute atomic E-state index is 12.3. The molecule has 0 aliphatic heterocycles. The van der Waals surface area contributed by atoms with Gasteiger partial charge in [0.2, 0.25) is 0 Å². The first-order chi connectivity index (χ1) is 14.8. The molecule has 0 saturated carbocycles. The van der Waals surface area contributed by atoms with E-state index in [9.17, 15) is 8.42 Å². The molecular formula is C21H17BrCl2N2O4S. The summed E-state index contributed by atoms with van der Waals surface area (Å²) in [7, 11) is -2.30. The van der Waals surface area contributed by atoms with Crippen LogP contribution < -0.4 is 14.3 Å². The molecule has 162 valence electrons. The molecule has 10 heteroatoms. The Hall–Kier alpha value is -2.26. The first-order valence-corrected chi connectivity index (χ1v) is 11.9. The van der Waals surface area contributed by atoms with Gasteiger partial charge in [0.25, 0.3) is 10.0 Å². The summed E-state index contributed by atoms with van der Waals surface area (Å²) < 4.78 is 36.5. The van der Waals surface area contributed by atoms with Gasteiger partial charge in [0.15, 0.2) is 11.5 Å². The number of nitrogens with one attached hydrogen (secondary N) is 1. The number of nitrogens with zero attached hydrogens (tertiary/aromatic N) is 1. The van der Waals surface area contributed by atoms with Gasteiger partial charge in [0.1, 0.15) is 6.61 Å². The Morgan fingerprint density at radius 3 is 2.48 bits per heavy atom. The number of hydrogen-bond acceptors (Lipinski definition) is 5. The number of hydrazone groups is 1. The monoisotopic (exact) mass is 542 g/mol. The minimum absolute atomic E-state index is 0.0520. The average Bonchev–Trinajstić information content (AvgIpc) is 2.74. The van der Waals surface area contributed by atoms with E-state index in [-0.39, 0.29) is 11.5 Å². The fourth-order valence-electron chi connectivity index (χ4n) is 2.56. The van der Waals surface area contributed by atoms with Gasteiger partial charge in [-0.1, -0.05) is 41.4 Å². The van der Waals surface area contributed by atoms with Crippen LogP contribution in [0.25, 0.3) is 0 Å². The fraction of sp³-hybridized carbons (Fsp3) is 0.0952. The Bertz CT molecular complexity index is 1200. The molecule has 3 aromatic carbocycles. The fourth-order valence-corrected chi connectivity index (χ4v) is 4.24. The minimum atomic E-state index is -3.81. The lowest BCUT2D eigenvalue weighted by Crippen LogP contribution is -2.18. The highest BCUT2D eigenvalue weighted by Crippen LogP contribution is 2.37. The normalized spacial score (nSPS) is 11.5. The largest absolute Gasteiger partial charge is 0.493 e. The van der Waals surface area contributed by atoms with Crippen molar-refractivity contribution in [3.63, 3.8) is 0 Å². The highest BCUT2D eigenvalue weighted by atomic mass is 79.9. The Kier molecular flexibility index (Phi) is 7.83. The molecule has 0 fully saturated rings. The summed E-state index contributed by atoms with van der Waals surface area (Å²) in [5.41, 5.74) is 1.42. The van der Waals surface area contributed by atoms with E-state index in [0.29, 0.717) is 31.6 Å². The van der Waals surface area contributed by atoms with Crippen molar-refractivity contribution in [3.05, 3.63) is 86.3 Å². The highest BCUT2D eigenvalue weighted by Gasteiger charge is 2.14. The number of ether oxygens (including phenoxy) is 2. The summed E-state index contributed by atoms with van der Waals surface area (Å²) in [5.74, 6) is 0.935. The predicted molar refractivity (Wildman–Crippen MR) is 126 cm³/mol. The molecule has 1 N–H and O–H groups in total. The van der Waals surface area contributed by atoms with Crippen LogP contribution in [0.15, 0.2) is 75.1 Å². The number of sulfonamides is 1. The van der Waals surface area contributed by atoms with Crippen molar-refractivity contribution < 1.29 is 17.9 Å². The van der Waals surface area contributed by atoms with Gasteiger partial charge in [-0.2, -0.15) is 13.5 Å². The second kappa shape index (κ2) is 10.4. The van der Waals surface area contributed by atoms with Crippen molar-refractivity contribution in [2.75, 3.05) is 7.11 Å². The Morgan fingerprint density at radius 2 is 1.81 bits per heavy atom. The van der Waals surface area contributed by atoms with Gasteiger partial charge < -0.3 is 9.47 Å². The molecule has 0 spiro atoms. The first kappa shape index (κ1) is 23.4. The molecule has 6 nitrogen and oxygen atoms in total. The van der Waals surface area contributed by atoms with Crippen LogP contribution >= 0.6 is 39.1 Å². The molecule has 0 heterocycles. The van der Waals surface area contributed by atoms with E-state index in [1.165, 1.54) is 37.6 Å².